The zero-order chi connectivity index (χ0) is 45.4. The van der Waals surface area contributed by atoms with Gasteiger partial charge in [-0.1, -0.05) is 70.6 Å². The summed E-state index contributed by atoms with van der Waals surface area (Å²) >= 11 is 0. The molecule has 6 heterocycles. The van der Waals surface area contributed by atoms with Gasteiger partial charge in [-0.25, -0.2) is 0 Å². The van der Waals surface area contributed by atoms with Gasteiger partial charge in [-0.15, -0.1) is 0 Å². The standard InChI is InChI=1S/C49H74O14/c1-12-26(2)43-29(5)18-19-48(63-43)24-35-21-34(62-48)17-16-28(4)42(60-40-23-38(54-10)45(32(8)58-40)61-39-22-37(53-9)41(50)31(7)57-39)27(3)14-13-15-33-25-56-46-44(55-11)30(6)20-36(47(51)59-35)49(33,46)52/h13-16,18-20,26-27,29,31-32,34-46,50,52H,12,17,21-25H2,1-11H3/b14-13+,28-16+,33-15+/t26-,27-,29-,31-,32-,34+,35?,36-,37-,38-,39+,40-,41-,42-,43+,44+,45-,46+,48+,49+/m0/s1. The minimum absolute atomic E-state index is 0.0805. The fraction of sp³-hybridized carbons (Fsp3) is 0.776. The summed E-state index contributed by atoms with van der Waals surface area (Å²) in [5.41, 5.74) is 0.626. The number of ether oxygens (including phenoxy) is 11. The summed E-state index contributed by atoms with van der Waals surface area (Å²) in [6.07, 6.45) is 9.95. The van der Waals surface area contributed by atoms with Crippen molar-refractivity contribution >= 4 is 5.97 Å². The van der Waals surface area contributed by atoms with E-state index in [4.69, 9.17) is 52.1 Å². The molecule has 0 aromatic heterocycles. The van der Waals surface area contributed by atoms with Crippen LogP contribution in [0.5, 0.6) is 0 Å². The zero-order valence-corrected chi connectivity index (χ0v) is 39.2. The normalized spacial score (nSPS) is 48.6. The second-order valence-electron chi connectivity index (χ2n) is 19.2. The van der Waals surface area contributed by atoms with Crippen molar-refractivity contribution in [2.45, 2.75) is 191 Å². The fourth-order valence-electron chi connectivity index (χ4n) is 10.9. The van der Waals surface area contributed by atoms with Gasteiger partial charge in [0, 0.05) is 58.8 Å². The lowest BCUT2D eigenvalue weighted by atomic mass is 9.70. The van der Waals surface area contributed by atoms with Crippen LogP contribution in [-0.4, -0.2) is 141 Å². The molecule has 0 aromatic rings. The molecule has 0 amide bonds. The molecular weight excluding hydrogens is 813 g/mol. The van der Waals surface area contributed by atoms with Gasteiger partial charge in [0.1, 0.15) is 42.0 Å². The van der Waals surface area contributed by atoms with Crippen molar-refractivity contribution in [1.29, 1.82) is 0 Å². The molecule has 4 fully saturated rings. The van der Waals surface area contributed by atoms with Crippen molar-refractivity contribution < 1.29 is 67.1 Å². The first-order valence-corrected chi connectivity index (χ1v) is 23.2. The summed E-state index contributed by atoms with van der Waals surface area (Å²) in [6.45, 7) is 16.4. The molecule has 1 spiro atoms. The van der Waals surface area contributed by atoms with Crippen LogP contribution in [0, 0.1) is 23.7 Å². The summed E-state index contributed by atoms with van der Waals surface area (Å²) in [5, 5.41) is 23.2. The summed E-state index contributed by atoms with van der Waals surface area (Å²) in [7, 11) is 4.82. The molecule has 0 radical (unpaired) electrons. The Kier molecular flexibility index (Phi) is 15.7. The zero-order valence-electron chi connectivity index (χ0n) is 39.2. The number of hydrogen-bond acceptors (Lipinski definition) is 14. The number of fused-ring (bicyclic) bond motifs is 2. The Morgan fingerprint density at radius 1 is 0.857 bits per heavy atom. The molecule has 20 atom stereocenters. The van der Waals surface area contributed by atoms with E-state index in [-0.39, 0.29) is 42.7 Å². The Morgan fingerprint density at radius 2 is 1.57 bits per heavy atom. The van der Waals surface area contributed by atoms with Gasteiger partial charge >= 0.3 is 5.97 Å². The van der Waals surface area contributed by atoms with E-state index in [1.165, 1.54) is 0 Å². The van der Waals surface area contributed by atoms with Crippen LogP contribution in [-0.2, 0) is 56.9 Å². The van der Waals surface area contributed by atoms with E-state index >= 15 is 0 Å². The highest BCUT2D eigenvalue weighted by atomic mass is 16.7. The number of aliphatic hydroxyl groups excluding tert-OH is 1. The molecule has 1 aliphatic carbocycles. The second kappa shape index (κ2) is 20.3. The predicted octanol–water partition coefficient (Wildman–Crippen LogP) is 6.03. The van der Waals surface area contributed by atoms with Crippen LogP contribution in [0.2, 0.25) is 0 Å². The molecule has 2 N–H and O–H groups in total. The van der Waals surface area contributed by atoms with Gasteiger partial charge in [0.2, 0.25) is 0 Å². The van der Waals surface area contributed by atoms with Gasteiger partial charge in [0.25, 0.3) is 0 Å². The van der Waals surface area contributed by atoms with E-state index in [2.05, 4.69) is 46.8 Å². The van der Waals surface area contributed by atoms with Crippen LogP contribution in [0.15, 0.2) is 59.3 Å². The molecule has 14 heteroatoms. The summed E-state index contributed by atoms with van der Waals surface area (Å²) in [5.74, 6) is -2.35. The molecule has 1 unspecified atom stereocenters. The summed E-state index contributed by atoms with van der Waals surface area (Å²) in [6, 6.07) is 0. The molecule has 14 nitrogen and oxygen atoms in total. The highest BCUT2D eigenvalue weighted by molar-refractivity contribution is 5.78. The van der Waals surface area contributed by atoms with Gasteiger partial charge in [-0.05, 0) is 62.8 Å². The maximum absolute atomic E-state index is 14.5. The quantitative estimate of drug-likeness (QED) is 0.204. The molecule has 2 bridgehead atoms. The van der Waals surface area contributed by atoms with Gasteiger partial charge < -0.3 is 62.3 Å². The van der Waals surface area contributed by atoms with Crippen LogP contribution < -0.4 is 0 Å². The van der Waals surface area contributed by atoms with Crippen LogP contribution in [0.3, 0.4) is 0 Å². The summed E-state index contributed by atoms with van der Waals surface area (Å²) < 4.78 is 70.0. The Bertz CT molecular complexity index is 1740. The van der Waals surface area contributed by atoms with Crippen molar-refractivity contribution in [2.75, 3.05) is 27.9 Å². The lowest BCUT2D eigenvalue weighted by molar-refractivity contribution is -0.318. The molecule has 0 aromatic carbocycles. The first kappa shape index (κ1) is 48.6. The minimum Gasteiger partial charge on any atom is -0.462 e. The third-order valence-electron chi connectivity index (χ3n) is 14.7. The number of allylic oxidation sites excluding steroid dienone is 2. The molecule has 0 saturated carbocycles. The van der Waals surface area contributed by atoms with E-state index in [1.54, 1.807) is 34.3 Å². The molecule has 7 aliphatic rings. The Balaban J connectivity index is 1.19. The van der Waals surface area contributed by atoms with Crippen LogP contribution >= 0.6 is 0 Å². The molecular formula is C49H74O14. The highest BCUT2D eigenvalue weighted by Crippen LogP contribution is 2.48. The Morgan fingerprint density at radius 3 is 2.29 bits per heavy atom. The van der Waals surface area contributed by atoms with E-state index in [9.17, 15) is 15.0 Å². The third-order valence-corrected chi connectivity index (χ3v) is 14.7. The smallest absolute Gasteiger partial charge is 0.316 e. The largest absolute Gasteiger partial charge is 0.462 e. The average molecular weight is 887 g/mol. The topological polar surface area (TPSA) is 159 Å². The van der Waals surface area contributed by atoms with E-state index < -0.39 is 90.8 Å². The Hall–Kier alpha value is -2.31. The average Bonchev–Trinajstić information content (AvgIpc) is 3.59. The number of hydrogen-bond donors (Lipinski definition) is 2. The fourth-order valence-corrected chi connectivity index (χ4v) is 10.9. The minimum atomic E-state index is -1.71. The molecule has 63 heavy (non-hydrogen) atoms. The molecule has 4 saturated heterocycles. The van der Waals surface area contributed by atoms with Crippen molar-refractivity contribution in [1.82, 2.24) is 0 Å². The van der Waals surface area contributed by atoms with Crippen molar-refractivity contribution in [3.63, 3.8) is 0 Å². The van der Waals surface area contributed by atoms with Gasteiger partial charge in [-0.3, -0.25) is 4.79 Å². The second-order valence-corrected chi connectivity index (χ2v) is 19.2. The first-order chi connectivity index (χ1) is 30.0. The van der Waals surface area contributed by atoms with Crippen LogP contribution in [0.4, 0.5) is 0 Å². The molecule has 6 aliphatic heterocycles. The highest BCUT2D eigenvalue weighted by Gasteiger charge is 2.60. The van der Waals surface area contributed by atoms with Gasteiger partial charge in [0.05, 0.1) is 49.3 Å². The lowest BCUT2D eigenvalue weighted by Crippen LogP contribution is -2.58. The van der Waals surface area contributed by atoms with E-state index in [1.807, 2.05) is 38.2 Å². The van der Waals surface area contributed by atoms with Crippen molar-refractivity contribution in [3.8, 4) is 0 Å². The van der Waals surface area contributed by atoms with Crippen molar-refractivity contribution in [3.05, 3.63) is 59.3 Å². The number of rotatable bonds is 9. The number of aliphatic hydroxyl groups is 2. The number of carbonyl (C=O) groups excluding carboxylic acids is 1. The predicted molar refractivity (Wildman–Crippen MR) is 232 cm³/mol. The number of carbonyl (C=O) groups is 1. The van der Waals surface area contributed by atoms with E-state index in [0.717, 1.165) is 17.6 Å². The molecule has 7 rings (SSSR count). The van der Waals surface area contributed by atoms with Crippen LogP contribution in [0.25, 0.3) is 0 Å². The van der Waals surface area contributed by atoms with Gasteiger partial charge in [-0.2, -0.15) is 0 Å². The Labute approximate surface area is 374 Å². The first-order valence-electron chi connectivity index (χ1n) is 23.2. The maximum Gasteiger partial charge on any atom is 0.316 e. The van der Waals surface area contributed by atoms with Crippen LogP contribution in [0.1, 0.15) is 93.9 Å². The third kappa shape index (κ3) is 10.0. The maximum atomic E-state index is 14.5. The van der Waals surface area contributed by atoms with Gasteiger partial charge in [0.15, 0.2) is 18.4 Å². The summed E-state index contributed by atoms with van der Waals surface area (Å²) in [4.78, 5) is 14.5. The molecule has 354 valence electrons. The monoisotopic (exact) mass is 887 g/mol. The number of methoxy groups -OCH3 is 3. The SMILES string of the molecule is CC[C@H](C)[C@H]1O[C@]2(C=C[C@@H]1C)CC1C[C@@H](C/C=C(\C)[C@@H](O[C@H]3C[C@H](OC)[C@@H](O[C@@H]4C[C@H](OC)[C@@H](O)[C@H](C)O4)[C@H](C)O3)[C@@H](C)/C=C/C=C3\CO[C@@H]4[C@H](OC)C(C)=C[C@@H](C(=O)O1)[C@]34O)O2. The number of esters is 1. The van der Waals surface area contributed by atoms with E-state index in [0.29, 0.717) is 37.7 Å². The van der Waals surface area contributed by atoms with Crippen molar-refractivity contribution in [2.24, 2.45) is 23.7 Å². The lowest BCUT2D eigenvalue weighted by Gasteiger charge is -2.48.